The van der Waals surface area contributed by atoms with E-state index in [0.29, 0.717) is 0 Å². The van der Waals surface area contributed by atoms with Gasteiger partial charge in [-0.25, -0.2) is 0 Å². The zero-order valence-electron chi connectivity index (χ0n) is 14.1. The van der Waals surface area contributed by atoms with Gasteiger partial charge in [0.1, 0.15) is 0 Å². The lowest BCUT2D eigenvalue weighted by Crippen LogP contribution is -2.44. The Bertz CT molecular complexity index is 748. The highest BCUT2D eigenvalue weighted by molar-refractivity contribution is 8.00. The number of hydrogen-bond acceptors (Lipinski definition) is 2. The van der Waals surface area contributed by atoms with Crippen LogP contribution in [-0.2, 0) is 6.18 Å². The van der Waals surface area contributed by atoms with Gasteiger partial charge in [0.15, 0.2) is 0 Å². The molecule has 1 aliphatic rings. The summed E-state index contributed by atoms with van der Waals surface area (Å²) in [7, 11) is 0. The van der Waals surface area contributed by atoms with Gasteiger partial charge < -0.3 is 5.32 Å². The number of rotatable bonds is 4. The van der Waals surface area contributed by atoms with Crippen molar-refractivity contribution in [2.75, 3.05) is 0 Å². The van der Waals surface area contributed by atoms with Crippen LogP contribution in [0.3, 0.4) is 0 Å². The third kappa shape index (κ3) is 4.61. The van der Waals surface area contributed by atoms with Gasteiger partial charge in [0, 0.05) is 16.2 Å². The van der Waals surface area contributed by atoms with Gasteiger partial charge in [-0.3, -0.25) is 4.79 Å². The predicted octanol–water partition coefficient (Wildman–Crippen LogP) is 5.54. The zero-order valence-corrected chi connectivity index (χ0v) is 14.9. The molecule has 0 bridgehead atoms. The normalized spacial score (nSPS) is 20.6. The first-order chi connectivity index (χ1) is 12.4. The molecule has 0 unspecified atom stereocenters. The summed E-state index contributed by atoms with van der Waals surface area (Å²) in [6.45, 7) is 0. The number of carbonyl (C=O) groups excluding carboxylic acids is 1. The largest absolute Gasteiger partial charge is 0.417 e. The Morgan fingerprint density at radius 2 is 1.62 bits per heavy atom. The smallest absolute Gasteiger partial charge is 0.348 e. The summed E-state index contributed by atoms with van der Waals surface area (Å²) < 4.78 is 39.5. The zero-order chi connectivity index (χ0) is 18.6. The molecule has 3 rings (SSSR count). The van der Waals surface area contributed by atoms with Gasteiger partial charge in [-0.05, 0) is 37.1 Å². The Morgan fingerprint density at radius 1 is 0.962 bits per heavy atom. The summed E-state index contributed by atoms with van der Waals surface area (Å²) in [6.07, 6.45) is -0.789. The molecule has 2 aromatic carbocycles. The van der Waals surface area contributed by atoms with E-state index in [4.69, 9.17) is 0 Å². The second kappa shape index (κ2) is 8.16. The van der Waals surface area contributed by atoms with Crippen molar-refractivity contribution in [2.45, 2.75) is 48.0 Å². The highest BCUT2D eigenvalue weighted by Gasteiger charge is 2.36. The van der Waals surface area contributed by atoms with E-state index in [-0.39, 0.29) is 16.9 Å². The number of amides is 1. The molecule has 2 nitrogen and oxygen atoms in total. The average Bonchev–Trinajstić information content (AvgIpc) is 2.63. The number of thioether (sulfide) groups is 1. The molecule has 0 aromatic heterocycles. The van der Waals surface area contributed by atoms with Crippen molar-refractivity contribution in [3.05, 3.63) is 65.7 Å². The molecule has 26 heavy (non-hydrogen) atoms. The Morgan fingerprint density at radius 3 is 2.35 bits per heavy atom. The van der Waals surface area contributed by atoms with Crippen LogP contribution in [0.15, 0.2) is 59.5 Å². The van der Waals surface area contributed by atoms with Crippen LogP contribution in [0.4, 0.5) is 13.2 Å². The van der Waals surface area contributed by atoms with E-state index < -0.39 is 17.6 Å². The van der Waals surface area contributed by atoms with E-state index in [1.807, 2.05) is 30.3 Å². The SMILES string of the molecule is O=C(N[C@@H]1CCCC[C@H]1Sc1ccccc1)c1ccccc1C(F)(F)F. The van der Waals surface area contributed by atoms with Gasteiger partial charge in [-0.15, -0.1) is 11.8 Å². The summed E-state index contributed by atoms with van der Waals surface area (Å²) in [4.78, 5) is 13.7. The second-order valence-electron chi connectivity index (χ2n) is 6.38. The first kappa shape index (κ1) is 18.8. The number of carbonyl (C=O) groups is 1. The van der Waals surface area contributed by atoms with Crippen LogP contribution in [0, 0.1) is 0 Å². The molecule has 0 aliphatic heterocycles. The molecule has 0 heterocycles. The predicted molar refractivity (Wildman–Crippen MR) is 97.3 cm³/mol. The standard InChI is InChI=1S/C20H20F3NOS/c21-20(22,23)16-11-5-4-10-15(16)19(25)24-17-12-6-7-13-18(17)26-14-8-2-1-3-9-14/h1-5,8-11,17-18H,6-7,12-13H2,(H,24,25)/t17-,18-/m1/s1. The molecular formula is C20H20F3NOS. The van der Waals surface area contributed by atoms with Crippen molar-refractivity contribution >= 4 is 17.7 Å². The fraction of sp³-hybridized carbons (Fsp3) is 0.350. The minimum Gasteiger partial charge on any atom is -0.348 e. The molecule has 1 aliphatic carbocycles. The third-order valence-electron chi connectivity index (χ3n) is 4.53. The Balaban J connectivity index is 1.75. The Labute approximate surface area is 155 Å². The Kier molecular flexibility index (Phi) is 5.91. The third-order valence-corrected chi connectivity index (χ3v) is 5.94. The second-order valence-corrected chi connectivity index (χ2v) is 7.69. The van der Waals surface area contributed by atoms with Crippen LogP contribution in [-0.4, -0.2) is 17.2 Å². The molecule has 1 amide bonds. The van der Waals surface area contributed by atoms with Gasteiger partial charge in [0.25, 0.3) is 5.91 Å². The fourth-order valence-electron chi connectivity index (χ4n) is 3.25. The van der Waals surface area contributed by atoms with E-state index in [1.54, 1.807) is 11.8 Å². The molecule has 138 valence electrons. The Hall–Kier alpha value is -1.95. The van der Waals surface area contributed by atoms with Crippen LogP contribution in [0.5, 0.6) is 0 Å². The summed E-state index contributed by atoms with van der Waals surface area (Å²) in [5.41, 5.74) is -1.20. The molecule has 0 spiro atoms. The van der Waals surface area contributed by atoms with Crippen molar-refractivity contribution < 1.29 is 18.0 Å². The number of halogens is 3. The number of benzene rings is 2. The van der Waals surface area contributed by atoms with Gasteiger partial charge in [0.05, 0.1) is 11.1 Å². The first-order valence-corrected chi connectivity index (χ1v) is 9.52. The van der Waals surface area contributed by atoms with E-state index in [0.717, 1.165) is 36.6 Å². The van der Waals surface area contributed by atoms with Crippen molar-refractivity contribution in [3.8, 4) is 0 Å². The van der Waals surface area contributed by atoms with Crippen molar-refractivity contribution in [3.63, 3.8) is 0 Å². The van der Waals surface area contributed by atoms with Gasteiger partial charge >= 0.3 is 6.18 Å². The molecule has 2 atom stereocenters. The molecule has 0 saturated heterocycles. The molecule has 1 fully saturated rings. The van der Waals surface area contributed by atoms with Crippen LogP contribution in [0.1, 0.15) is 41.6 Å². The van der Waals surface area contributed by atoms with E-state index in [9.17, 15) is 18.0 Å². The number of hydrogen-bond donors (Lipinski definition) is 1. The maximum absolute atomic E-state index is 13.2. The van der Waals surface area contributed by atoms with E-state index >= 15 is 0 Å². The van der Waals surface area contributed by atoms with Crippen LogP contribution < -0.4 is 5.32 Å². The monoisotopic (exact) mass is 379 g/mol. The minimum atomic E-state index is -4.54. The summed E-state index contributed by atoms with van der Waals surface area (Å²) in [5.74, 6) is -0.650. The van der Waals surface area contributed by atoms with Crippen molar-refractivity contribution in [1.82, 2.24) is 5.32 Å². The number of alkyl halides is 3. The molecular weight excluding hydrogens is 359 g/mol. The van der Waals surface area contributed by atoms with Crippen molar-refractivity contribution in [2.24, 2.45) is 0 Å². The average molecular weight is 379 g/mol. The lowest BCUT2D eigenvalue weighted by molar-refractivity contribution is -0.137. The lowest BCUT2D eigenvalue weighted by atomic mass is 9.94. The van der Waals surface area contributed by atoms with Crippen LogP contribution >= 0.6 is 11.8 Å². The maximum Gasteiger partial charge on any atom is 0.417 e. The molecule has 1 saturated carbocycles. The summed E-state index contributed by atoms with van der Waals surface area (Å²) >= 11 is 1.68. The molecule has 1 N–H and O–H groups in total. The van der Waals surface area contributed by atoms with E-state index in [1.165, 1.54) is 18.2 Å². The van der Waals surface area contributed by atoms with Gasteiger partial charge in [-0.1, -0.05) is 43.2 Å². The summed E-state index contributed by atoms with van der Waals surface area (Å²) in [6, 6.07) is 14.7. The van der Waals surface area contributed by atoms with Crippen LogP contribution in [0.2, 0.25) is 0 Å². The highest BCUT2D eigenvalue weighted by Crippen LogP contribution is 2.35. The first-order valence-electron chi connectivity index (χ1n) is 8.64. The number of nitrogens with one attached hydrogen (secondary N) is 1. The lowest BCUT2D eigenvalue weighted by Gasteiger charge is -2.32. The molecule has 2 aromatic rings. The minimum absolute atomic E-state index is 0.136. The van der Waals surface area contributed by atoms with Crippen LogP contribution in [0.25, 0.3) is 0 Å². The summed E-state index contributed by atoms with van der Waals surface area (Å²) in [5, 5.41) is 3.02. The van der Waals surface area contributed by atoms with Gasteiger partial charge in [-0.2, -0.15) is 13.2 Å². The highest BCUT2D eigenvalue weighted by atomic mass is 32.2. The quantitative estimate of drug-likeness (QED) is 0.756. The van der Waals surface area contributed by atoms with Crippen molar-refractivity contribution in [1.29, 1.82) is 0 Å². The maximum atomic E-state index is 13.2. The van der Waals surface area contributed by atoms with Gasteiger partial charge in [0.2, 0.25) is 0 Å². The molecule has 6 heteroatoms. The topological polar surface area (TPSA) is 29.1 Å². The molecule has 0 radical (unpaired) electrons. The van der Waals surface area contributed by atoms with E-state index in [2.05, 4.69) is 5.32 Å². The fourth-order valence-corrected chi connectivity index (χ4v) is 4.57.